The number of methoxy groups -OCH3 is 1. The van der Waals surface area contributed by atoms with E-state index in [0.29, 0.717) is 11.4 Å². The highest BCUT2D eigenvalue weighted by molar-refractivity contribution is 6.01. The molecule has 0 saturated heterocycles. The number of ether oxygens (including phenoxy) is 2. The smallest absolute Gasteiger partial charge is 0.338 e. The van der Waals surface area contributed by atoms with E-state index in [9.17, 15) is 19.7 Å². The summed E-state index contributed by atoms with van der Waals surface area (Å²) >= 11 is 0. The fourth-order valence-corrected chi connectivity index (χ4v) is 2.34. The molecule has 2 aromatic carbocycles. The fourth-order valence-electron chi connectivity index (χ4n) is 2.34. The minimum atomic E-state index is -0.818. The molecule has 0 amide bonds. The Morgan fingerprint density at radius 3 is 2.46 bits per heavy atom. The van der Waals surface area contributed by atoms with Crippen LogP contribution < -0.4 is 9.64 Å². The van der Waals surface area contributed by atoms with Crippen LogP contribution in [0.4, 0.5) is 11.4 Å². The molecule has 0 heterocycles. The summed E-state index contributed by atoms with van der Waals surface area (Å²) in [5.41, 5.74) is 0.420. The number of rotatable bonds is 7. The number of carbonyl (C=O) groups is 2. The molecule has 0 radical (unpaired) electrons. The Morgan fingerprint density at radius 1 is 1.15 bits per heavy atom. The minimum absolute atomic E-state index is 0.00451. The first-order valence-electron chi connectivity index (χ1n) is 7.64. The van der Waals surface area contributed by atoms with Crippen LogP contribution in [0.3, 0.4) is 0 Å². The Bertz CT molecular complexity index is 847. The van der Waals surface area contributed by atoms with Crippen molar-refractivity contribution in [2.24, 2.45) is 0 Å². The number of nitro benzene ring substituents is 1. The summed E-state index contributed by atoms with van der Waals surface area (Å²) in [5, 5.41) is 11.2. The van der Waals surface area contributed by atoms with Crippen molar-refractivity contribution in [3.8, 4) is 5.75 Å². The third-order valence-electron chi connectivity index (χ3n) is 3.63. The minimum Gasteiger partial charge on any atom is -0.496 e. The van der Waals surface area contributed by atoms with Gasteiger partial charge in [0.15, 0.2) is 6.61 Å². The van der Waals surface area contributed by atoms with Gasteiger partial charge in [-0.25, -0.2) is 4.79 Å². The maximum absolute atomic E-state index is 12.2. The summed E-state index contributed by atoms with van der Waals surface area (Å²) in [6.45, 7) is -0.498. The number of hydrogen-bond acceptors (Lipinski definition) is 7. The lowest BCUT2D eigenvalue weighted by molar-refractivity contribution is -0.384. The Morgan fingerprint density at radius 2 is 1.85 bits per heavy atom. The topological polar surface area (TPSA) is 99.0 Å². The molecule has 0 aromatic heterocycles. The lowest BCUT2D eigenvalue weighted by Crippen LogP contribution is -2.16. The highest BCUT2D eigenvalue weighted by atomic mass is 16.6. The molecule has 0 aliphatic rings. The molecule has 0 aliphatic carbocycles. The van der Waals surface area contributed by atoms with E-state index in [4.69, 9.17) is 9.47 Å². The van der Waals surface area contributed by atoms with Gasteiger partial charge in [-0.15, -0.1) is 0 Å². The molecule has 0 N–H and O–H groups in total. The van der Waals surface area contributed by atoms with Crippen molar-refractivity contribution < 1.29 is 24.0 Å². The zero-order valence-corrected chi connectivity index (χ0v) is 14.6. The number of nitrogens with zero attached hydrogens (tertiary/aromatic N) is 2. The average molecular weight is 358 g/mol. The van der Waals surface area contributed by atoms with Crippen molar-refractivity contribution >= 4 is 23.1 Å². The molecule has 0 bridgehead atoms. The molecule has 8 nitrogen and oxygen atoms in total. The first kappa shape index (κ1) is 18.9. The lowest BCUT2D eigenvalue weighted by atomic mass is 10.1. The van der Waals surface area contributed by atoms with Gasteiger partial charge in [-0.3, -0.25) is 14.9 Å². The molecule has 2 aromatic rings. The van der Waals surface area contributed by atoms with Gasteiger partial charge >= 0.3 is 5.97 Å². The summed E-state index contributed by atoms with van der Waals surface area (Å²) < 4.78 is 10.1. The van der Waals surface area contributed by atoms with Crippen LogP contribution >= 0.6 is 0 Å². The number of benzene rings is 2. The van der Waals surface area contributed by atoms with Gasteiger partial charge < -0.3 is 14.4 Å². The SMILES string of the molecule is COc1ccccc1C(=O)COC(=O)c1ccc(N(C)C)c([N+](=O)[O-])c1. The van der Waals surface area contributed by atoms with E-state index < -0.39 is 23.3 Å². The maximum atomic E-state index is 12.2. The zero-order valence-electron chi connectivity index (χ0n) is 14.6. The van der Waals surface area contributed by atoms with Crippen molar-refractivity contribution in [3.05, 3.63) is 63.7 Å². The molecular weight excluding hydrogens is 340 g/mol. The van der Waals surface area contributed by atoms with E-state index in [1.807, 2.05) is 0 Å². The third-order valence-corrected chi connectivity index (χ3v) is 3.63. The van der Waals surface area contributed by atoms with Gasteiger partial charge in [-0.05, 0) is 24.3 Å². The van der Waals surface area contributed by atoms with E-state index in [2.05, 4.69) is 0 Å². The number of ketones is 1. The highest BCUT2D eigenvalue weighted by Gasteiger charge is 2.20. The van der Waals surface area contributed by atoms with Crippen LogP contribution in [0.2, 0.25) is 0 Å². The largest absolute Gasteiger partial charge is 0.496 e. The Hall–Kier alpha value is -3.42. The standard InChI is InChI=1S/C18H18N2O6/c1-19(2)14-9-8-12(10-15(14)20(23)24)18(22)26-11-16(21)13-6-4-5-7-17(13)25-3/h4-10H,11H2,1-3H3. The van der Waals surface area contributed by atoms with Crippen LogP contribution in [-0.4, -0.2) is 44.5 Å². The molecule has 0 atom stereocenters. The fraction of sp³-hybridized carbons (Fsp3) is 0.222. The van der Waals surface area contributed by atoms with Gasteiger partial charge in [0.1, 0.15) is 11.4 Å². The van der Waals surface area contributed by atoms with Gasteiger partial charge in [0, 0.05) is 20.2 Å². The Labute approximate surface area is 150 Å². The summed E-state index contributed by atoms with van der Waals surface area (Å²) in [4.78, 5) is 36.5. The molecule has 0 saturated carbocycles. The number of carbonyl (C=O) groups excluding carboxylic acids is 2. The molecule has 0 fully saturated rings. The normalized spacial score (nSPS) is 10.1. The first-order chi connectivity index (χ1) is 12.3. The van der Waals surface area contributed by atoms with Crippen LogP contribution in [0.5, 0.6) is 5.75 Å². The van der Waals surface area contributed by atoms with Gasteiger partial charge in [0.05, 0.1) is 23.2 Å². The van der Waals surface area contributed by atoms with Crippen molar-refractivity contribution in [2.45, 2.75) is 0 Å². The van der Waals surface area contributed by atoms with E-state index >= 15 is 0 Å². The summed E-state index contributed by atoms with van der Waals surface area (Å²) in [5.74, 6) is -0.878. The first-order valence-corrected chi connectivity index (χ1v) is 7.64. The number of nitro groups is 1. The van der Waals surface area contributed by atoms with Crippen LogP contribution in [0.15, 0.2) is 42.5 Å². The van der Waals surface area contributed by atoms with Gasteiger partial charge in [-0.2, -0.15) is 0 Å². The van der Waals surface area contributed by atoms with Crippen LogP contribution in [0.25, 0.3) is 0 Å². The third kappa shape index (κ3) is 4.15. The number of hydrogen-bond donors (Lipinski definition) is 0. The molecule has 8 heteroatoms. The van der Waals surface area contributed by atoms with E-state index in [1.54, 1.807) is 43.3 Å². The van der Waals surface area contributed by atoms with Gasteiger partial charge in [0.25, 0.3) is 5.69 Å². The number of Topliss-reactive ketones (excluding diaryl/α,β-unsaturated/α-hetero) is 1. The number of para-hydroxylation sites is 1. The van der Waals surface area contributed by atoms with Crippen molar-refractivity contribution in [1.82, 2.24) is 0 Å². The second-order valence-electron chi connectivity index (χ2n) is 5.55. The predicted octanol–water partition coefficient (Wildman–Crippen LogP) is 2.71. The Balaban J connectivity index is 2.14. The molecule has 0 spiro atoms. The average Bonchev–Trinajstić information content (AvgIpc) is 2.64. The summed E-state index contributed by atoms with van der Waals surface area (Å²) in [7, 11) is 4.75. The van der Waals surface area contributed by atoms with Crippen molar-refractivity contribution in [1.29, 1.82) is 0 Å². The summed E-state index contributed by atoms with van der Waals surface area (Å²) in [6, 6.07) is 10.6. The monoisotopic (exact) mass is 358 g/mol. The van der Waals surface area contributed by atoms with Crippen molar-refractivity contribution in [3.63, 3.8) is 0 Å². The van der Waals surface area contributed by atoms with E-state index in [-0.39, 0.29) is 16.8 Å². The Kier molecular flexibility index (Phi) is 5.90. The molecule has 136 valence electrons. The predicted molar refractivity (Wildman–Crippen MR) is 95.0 cm³/mol. The highest BCUT2D eigenvalue weighted by Crippen LogP contribution is 2.28. The lowest BCUT2D eigenvalue weighted by Gasteiger charge is -2.13. The zero-order chi connectivity index (χ0) is 19.3. The molecule has 0 aliphatic heterocycles. The van der Waals surface area contributed by atoms with Crippen LogP contribution in [0, 0.1) is 10.1 Å². The maximum Gasteiger partial charge on any atom is 0.338 e. The number of esters is 1. The second kappa shape index (κ2) is 8.11. The molecule has 26 heavy (non-hydrogen) atoms. The van der Waals surface area contributed by atoms with E-state index in [0.717, 1.165) is 6.07 Å². The van der Waals surface area contributed by atoms with Crippen LogP contribution in [-0.2, 0) is 4.74 Å². The molecule has 2 rings (SSSR count). The van der Waals surface area contributed by atoms with Gasteiger partial charge in [-0.1, -0.05) is 12.1 Å². The number of anilines is 1. The quantitative estimate of drug-likeness (QED) is 0.325. The van der Waals surface area contributed by atoms with Crippen LogP contribution in [0.1, 0.15) is 20.7 Å². The van der Waals surface area contributed by atoms with Gasteiger partial charge in [0.2, 0.25) is 5.78 Å². The molecule has 0 unspecified atom stereocenters. The van der Waals surface area contributed by atoms with Crippen molar-refractivity contribution in [2.75, 3.05) is 32.7 Å². The molecular formula is C18H18N2O6. The second-order valence-corrected chi connectivity index (χ2v) is 5.55. The summed E-state index contributed by atoms with van der Waals surface area (Å²) in [6.07, 6.45) is 0. The van der Waals surface area contributed by atoms with E-state index in [1.165, 1.54) is 19.2 Å².